The zero-order valence-corrected chi connectivity index (χ0v) is 15.3. The molecule has 0 spiro atoms. The van der Waals surface area contributed by atoms with E-state index in [-0.39, 0.29) is 0 Å². The first-order chi connectivity index (χ1) is 13.3. The normalized spacial score (nSPS) is 14.0. The molecule has 0 unspecified atom stereocenters. The Morgan fingerprint density at radius 1 is 0.963 bits per heavy atom. The summed E-state index contributed by atoms with van der Waals surface area (Å²) < 4.78 is 10.6. The Hall–Kier alpha value is -3.12. The summed E-state index contributed by atoms with van der Waals surface area (Å²) >= 11 is 0. The number of ether oxygens (including phenoxy) is 2. The lowest BCUT2D eigenvalue weighted by molar-refractivity contribution is 0.122. The molecule has 0 amide bonds. The van der Waals surface area contributed by atoms with Crippen LogP contribution in [-0.2, 0) is 4.74 Å². The van der Waals surface area contributed by atoms with E-state index in [2.05, 4.69) is 32.3 Å². The summed E-state index contributed by atoms with van der Waals surface area (Å²) in [5.41, 5.74) is 4.16. The molecule has 138 valence electrons. The highest BCUT2D eigenvalue weighted by Crippen LogP contribution is 2.24. The maximum absolute atomic E-state index is 5.42. The van der Waals surface area contributed by atoms with Crippen LogP contribution in [0, 0.1) is 0 Å². The Kier molecular flexibility index (Phi) is 5.16. The highest BCUT2D eigenvalue weighted by Gasteiger charge is 2.11. The molecule has 4 rings (SSSR count). The van der Waals surface area contributed by atoms with Gasteiger partial charge >= 0.3 is 0 Å². The van der Waals surface area contributed by atoms with Gasteiger partial charge in [-0.2, -0.15) is 0 Å². The predicted molar refractivity (Wildman–Crippen MR) is 107 cm³/mol. The average molecular weight is 362 g/mol. The van der Waals surface area contributed by atoms with Crippen molar-refractivity contribution >= 4 is 17.3 Å². The lowest BCUT2D eigenvalue weighted by Crippen LogP contribution is -2.36. The van der Waals surface area contributed by atoms with Crippen LogP contribution in [-0.4, -0.2) is 43.4 Å². The van der Waals surface area contributed by atoms with Gasteiger partial charge in [0, 0.05) is 42.4 Å². The van der Waals surface area contributed by atoms with Crippen molar-refractivity contribution in [3.63, 3.8) is 0 Å². The van der Waals surface area contributed by atoms with Gasteiger partial charge in [-0.1, -0.05) is 18.2 Å². The number of rotatable bonds is 5. The van der Waals surface area contributed by atoms with Crippen molar-refractivity contribution < 1.29 is 9.47 Å². The maximum atomic E-state index is 5.42. The number of nitrogens with zero attached hydrogens (tertiary/aromatic N) is 3. The smallest absolute Gasteiger partial charge is 0.227 e. The van der Waals surface area contributed by atoms with Crippen molar-refractivity contribution in [3.05, 3.63) is 60.9 Å². The lowest BCUT2D eigenvalue weighted by atomic mass is 10.1. The van der Waals surface area contributed by atoms with Crippen molar-refractivity contribution in [3.8, 4) is 16.9 Å². The first kappa shape index (κ1) is 17.3. The minimum atomic E-state index is 0.575. The Morgan fingerprint density at radius 3 is 2.41 bits per heavy atom. The van der Waals surface area contributed by atoms with E-state index in [9.17, 15) is 0 Å². The van der Waals surface area contributed by atoms with Gasteiger partial charge in [0.1, 0.15) is 5.75 Å². The average Bonchev–Trinajstić information content (AvgIpc) is 2.75. The quantitative estimate of drug-likeness (QED) is 0.746. The molecule has 6 nitrogen and oxygen atoms in total. The Labute approximate surface area is 158 Å². The molecule has 0 bridgehead atoms. The van der Waals surface area contributed by atoms with E-state index in [0.717, 1.165) is 48.9 Å². The summed E-state index contributed by atoms with van der Waals surface area (Å²) in [6, 6.07) is 16.1. The van der Waals surface area contributed by atoms with Crippen LogP contribution >= 0.6 is 0 Å². The largest absolute Gasteiger partial charge is 0.497 e. The summed E-state index contributed by atoms with van der Waals surface area (Å²) in [7, 11) is 1.66. The number of anilines is 3. The summed E-state index contributed by atoms with van der Waals surface area (Å²) in [4.78, 5) is 11.2. The molecule has 1 aromatic heterocycles. The topological polar surface area (TPSA) is 59.5 Å². The second-order valence-electron chi connectivity index (χ2n) is 6.30. The van der Waals surface area contributed by atoms with Crippen LogP contribution in [0.4, 0.5) is 17.3 Å². The van der Waals surface area contributed by atoms with Gasteiger partial charge in [0.2, 0.25) is 5.95 Å². The highest BCUT2D eigenvalue weighted by atomic mass is 16.5. The van der Waals surface area contributed by atoms with Gasteiger partial charge in [0.15, 0.2) is 0 Å². The monoisotopic (exact) mass is 362 g/mol. The number of nitrogens with one attached hydrogen (secondary N) is 1. The van der Waals surface area contributed by atoms with Gasteiger partial charge < -0.3 is 19.7 Å². The van der Waals surface area contributed by atoms with Crippen LogP contribution in [0.1, 0.15) is 0 Å². The molecule has 0 atom stereocenters. The fraction of sp³-hybridized carbons (Fsp3) is 0.238. The van der Waals surface area contributed by atoms with Gasteiger partial charge in [-0.3, -0.25) is 0 Å². The molecule has 1 fully saturated rings. The molecule has 2 heterocycles. The lowest BCUT2D eigenvalue weighted by Gasteiger charge is -2.29. The second-order valence-corrected chi connectivity index (χ2v) is 6.30. The number of hydrogen-bond donors (Lipinski definition) is 1. The molecule has 1 aliphatic rings. The molecule has 3 aromatic rings. The van der Waals surface area contributed by atoms with E-state index in [0.29, 0.717) is 5.95 Å². The molecule has 1 saturated heterocycles. The van der Waals surface area contributed by atoms with Crippen molar-refractivity contribution in [1.82, 2.24) is 9.97 Å². The van der Waals surface area contributed by atoms with Crippen LogP contribution in [0.2, 0.25) is 0 Å². The third kappa shape index (κ3) is 4.17. The molecule has 27 heavy (non-hydrogen) atoms. The molecule has 1 N–H and O–H groups in total. The van der Waals surface area contributed by atoms with Gasteiger partial charge in [-0.15, -0.1) is 0 Å². The summed E-state index contributed by atoms with van der Waals surface area (Å²) in [6.07, 6.45) is 3.64. The minimum Gasteiger partial charge on any atom is -0.497 e. The minimum absolute atomic E-state index is 0.575. The molecule has 0 saturated carbocycles. The Bertz CT molecular complexity index is 875. The predicted octanol–water partition coefficient (Wildman–Crippen LogP) is 3.73. The second kappa shape index (κ2) is 8.05. The van der Waals surface area contributed by atoms with Crippen LogP contribution in [0.3, 0.4) is 0 Å². The van der Waals surface area contributed by atoms with E-state index in [1.807, 2.05) is 48.8 Å². The number of hydrogen-bond acceptors (Lipinski definition) is 6. The Morgan fingerprint density at radius 2 is 1.70 bits per heavy atom. The summed E-state index contributed by atoms with van der Waals surface area (Å²) in [5.74, 6) is 1.41. The van der Waals surface area contributed by atoms with Crippen LogP contribution in [0.5, 0.6) is 5.75 Å². The fourth-order valence-corrected chi connectivity index (χ4v) is 3.06. The van der Waals surface area contributed by atoms with Gasteiger partial charge in [-0.25, -0.2) is 9.97 Å². The third-order valence-electron chi connectivity index (χ3n) is 4.55. The molecular weight excluding hydrogens is 340 g/mol. The first-order valence-corrected chi connectivity index (χ1v) is 8.98. The van der Waals surface area contributed by atoms with E-state index in [4.69, 9.17) is 9.47 Å². The summed E-state index contributed by atoms with van der Waals surface area (Å²) in [5, 5.41) is 3.28. The van der Waals surface area contributed by atoms with Crippen LogP contribution in [0.15, 0.2) is 60.9 Å². The molecular formula is C21H22N4O2. The third-order valence-corrected chi connectivity index (χ3v) is 4.55. The zero-order chi connectivity index (χ0) is 18.5. The number of benzene rings is 2. The zero-order valence-electron chi connectivity index (χ0n) is 15.3. The maximum Gasteiger partial charge on any atom is 0.227 e. The van der Waals surface area contributed by atoms with Gasteiger partial charge in [0.25, 0.3) is 0 Å². The van der Waals surface area contributed by atoms with Gasteiger partial charge in [-0.05, 0) is 35.9 Å². The Balaban J connectivity index is 1.46. The van der Waals surface area contributed by atoms with E-state index in [1.165, 1.54) is 5.69 Å². The standard InChI is InChI=1S/C21H22N4O2/c1-26-20-7-5-16(6-8-20)17-14-22-21(23-15-17)24-18-3-2-4-19(13-18)25-9-11-27-12-10-25/h2-8,13-15H,9-12H2,1H3,(H,22,23,24). The van der Waals surface area contributed by atoms with E-state index in [1.54, 1.807) is 7.11 Å². The highest BCUT2D eigenvalue weighted by molar-refractivity contribution is 5.65. The molecule has 1 aliphatic heterocycles. The van der Waals surface area contributed by atoms with Crippen molar-refractivity contribution in [1.29, 1.82) is 0 Å². The molecule has 0 radical (unpaired) electrons. The first-order valence-electron chi connectivity index (χ1n) is 8.98. The van der Waals surface area contributed by atoms with Crippen molar-refractivity contribution in [2.45, 2.75) is 0 Å². The summed E-state index contributed by atoms with van der Waals surface area (Å²) in [6.45, 7) is 3.37. The van der Waals surface area contributed by atoms with Crippen LogP contribution in [0.25, 0.3) is 11.1 Å². The van der Waals surface area contributed by atoms with E-state index >= 15 is 0 Å². The van der Waals surface area contributed by atoms with Gasteiger partial charge in [0.05, 0.1) is 20.3 Å². The number of morpholine rings is 1. The fourth-order valence-electron chi connectivity index (χ4n) is 3.06. The SMILES string of the molecule is COc1ccc(-c2cnc(Nc3cccc(N4CCOCC4)c3)nc2)cc1. The van der Waals surface area contributed by atoms with E-state index < -0.39 is 0 Å². The number of aromatic nitrogens is 2. The number of methoxy groups -OCH3 is 1. The molecule has 2 aromatic carbocycles. The van der Waals surface area contributed by atoms with Crippen LogP contribution < -0.4 is 15.0 Å². The van der Waals surface area contributed by atoms with Crippen molar-refractivity contribution in [2.75, 3.05) is 43.6 Å². The molecule has 6 heteroatoms. The molecule has 0 aliphatic carbocycles. The van der Waals surface area contributed by atoms with Crippen molar-refractivity contribution in [2.24, 2.45) is 0 Å².